The zero-order valence-electron chi connectivity index (χ0n) is 15.3. The van der Waals surface area contributed by atoms with E-state index in [4.69, 9.17) is 0 Å². The van der Waals surface area contributed by atoms with Crippen molar-refractivity contribution >= 4 is 10.1 Å². The topological polar surface area (TPSA) is 57.2 Å². The standard InChI is InChI=1S/C12H10I.C8H4F6O3S/c1-3-7-11(8-4-1)13-12-9-5-2-6-10-12;9-7(10,11)4-1-5(8(12,13)14)3-6(2-4)18(15,16)17/h1-10H;1-3H,(H,15,16,17)/q+1;/p-1. The second kappa shape index (κ2) is 10.0. The molecular formula is C20H13F6IO3S. The van der Waals surface area contributed by atoms with E-state index in [1.165, 1.54) is 7.14 Å². The van der Waals surface area contributed by atoms with Crippen LogP contribution in [0.2, 0.25) is 0 Å². The van der Waals surface area contributed by atoms with Crippen molar-refractivity contribution < 1.29 is 60.5 Å². The summed E-state index contributed by atoms with van der Waals surface area (Å²) in [5, 5.41) is 0. The van der Waals surface area contributed by atoms with E-state index in [-0.39, 0.29) is 39.4 Å². The van der Waals surface area contributed by atoms with Crippen molar-refractivity contribution in [1.82, 2.24) is 0 Å². The molecule has 0 fully saturated rings. The van der Waals surface area contributed by atoms with Crippen molar-refractivity contribution in [1.29, 1.82) is 0 Å². The van der Waals surface area contributed by atoms with Crippen LogP contribution in [0.3, 0.4) is 0 Å². The van der Waals surface area contributed by atoms with Gasteiger partial charge in [-0.05, 0) is 42.5 Å². The molecule has 11 heteroatoms. The predicted molar refractivity (Wildman–Crippen MR) is 94.7 cm³/mol. The van der Waals surface area contributed by atoms with Crippen LogP contribution in [0.15, 0.2) is 83.8 Å². The van der Waals surface area contributed by atoms with Crippen LogP contribution in [0.4, 0.5) is 26.3 Å². The molecule has 31 heavy (non-hydrogen) atoms. The number of halogens is 7. The fourth-order valence-corrected chi connectivity index (χ4v) is 4.96. The van der Waals surface area contributed by atoms with E-state index in [1.54, 1.807) is 0 Å². The maximum atomic E-state index is 12.3. The lowest BCUT2D eigenvalue weighted by molar-refractivity contribution is -0.597. The van der Waals surface area contributed by atoms with Gasteiger partial charge in [0.15, 0.2) is 7.14 Å². The van der Waals surface area contributed by atoms with E-state index in [9.17, 15) is 39.3 Å². The highest BCUT2D eigenvalue weighted by atomic mass is 127. The van der Waals surface area contributed by atoms with Gasteiger partial charge in [0.25, 0.3) is 0 Å². The Morgan fingerprint density at radius 1 is 0.645 bits per heavy atom. The summed E-state index contributed by atoms with van der Waals surface area (Å²) in [4.78, 5) is -1.58. The van der Waals surface area contributed by atoms with Crippen LogP contribution in [0, 0.1) is 7.14 Å². The smallest absolute Gasteiger partial charge is 0.416 e. The minimum atomic E-state index is -5.42. The van der Waals surface area contributed by atoms with Gasteiger partial charge in [-0.2, -0.15) is 26.3 Å². The van der Waals surface area contributed by atoms with Gasteiger partial charge in [0.05, 0.1) is 16.0 Å². The Morgan fingerprint density at radius 3 is 1.29 bits per heavy atom. The van der Waals surface area contributed by atoms with E-state index in [1.807, 2.05) is 0 Å². The van der Waals surface area contributed by atoms with Gasteiger partial charge in [-0.25, -0.2) is 8.42 Å². The number of rotatable bonds is 3. The Labute approximate surface area is 184 Å². The van der Waals surface area contributed by atoms with Crippen LogP contribution in [0.25, 0.3) is 0 Å². The fourth-order valence-electron chi connectivity index (χ4n) is 2.15. The van der Waals surface area contributed by atoms with E-state index < -0.39 is 38.5 Å². The van der Waals surface area contributed by atoms with Gasteiger partial charge in [0, 0.05) is 0 Å². The highest BCUT2D eigenvalue weighted by molar-refractivity contribution is 7.85. The summed E-state index contributed by atoms with van der Waals surface area (Å²) in [6, 6.07) is 20.9. The third kappa shape index (κ3) is 8.15. The predicted octanol–water partition coefficient (Wildman–Crippen LogP) is 2.44. The number of hydrogen-bond donors (Lipinski definition) is 0. The zero-order valence-corrected chi connectivity index (χ0v) is 18.3. The molecule has 0 heterocycles. The lowest BCUT2D eigenvalue weighted by Crippen LogP contribution is -3.61. The molecule has 0 radical (unpaired) electrons. The third-order valence-electron chi connectivity index (χ3n) is 3.53. The fraction of sp³-hybridized carbons (Fsp3) is 0.100. The first-order valence-electron chi connectivity index (χ1n) is 8.27. The first kappa shape index (κ1) is 25.1. The molecule has 166 valence electrons. The van der Waals surface area contributed by atoms with Crippen LogP contribution < -0.4 is 21.2 Å². The van der Waals surface area contributed by atoms with Gasteiger partial charge in [0.1, 0.15) is 10.1 Å². The van der Waals surface area contributed by atoms with Crippen LogP contribution >= 0.6 is 0 Å². The van der Waals surface area contributed by atoms with Gasteiger partial charge in [-0.1, -0.05) is 36.4 Å². The van der Waals surface area contributed by atoms with E-state index in [2.05, 4.69) is 60.7 Å². The Morgan fingerprint density at radius 2 is 1.00 bits per heavy atom. The summed E-state index contributed by atoms with van der Waals surface area (Å²) in [5.41, 5.74) is -3.71. The molecule has 0 aromatic heterocycles. The zero-order chi connectivity index (χ0) is 23.3. The van der Waals surface area contributed by atoms with Crippen LogP contribution in [0.5, 0.6) is 0 Å². The highest BCUT2D eigenvalue weighted by Gasteiger charge is 2.37. The monoisotopic (exact) mass is 574 g/mol. The van der Waals surface area contributed by atoms with Crippen molar-refractivity contribution in [2.45, 2.75) is 17.2 Å². The normalized spacial score (nSPS) is 12.1. The van der Waals surface area contributed by atoms with Crippen molar-refractivity contribution in [3.8, 4) is 0 Å². The summed E-state index contributed by atoms with van der Waals surface area (Å²) in [5.74, 6) is 0. The van der Waals surface area contributed by atoms with Crippen LogP contribution in [-0.4, -0.2) is 13.0 Å². The lowest BCUT2D eigenvalue weighted by atomic mass is 10.1. The molecular weight excluding hydrogens is 561 g/mol. The Balaban J connectivity index is 0.000000231. The summed E-state index contributed by atoms with van der Waals surface area (Å²) in [6.45, 7) is 0. The molecule has 3 aromatic rings. The average molecular weight is 574 g/mol. The molecule has 3 rings (SSSR count). The number of alkyl halides is 6. The largest absolute Gasteiger partial charge is 0.744 e. The van der Waals surface area contributed by atoms with Gasteiger partial charge in [0.2, 0.25) is 0 Å². The van der Waals surface area contributed by atoms with Crippen molar-refractivity contribution in [2.24, 2.45) is 0 Å². The second-order valence-electron chi connectivity index (χ2n) is 5.88. The van der Waals surface area contributed by atoms with Crippen LogP contribution in [0.1, 0.15) is 11.1 Å². The van der Waals surface area contributed by atoms with E-state index in [0.29, 0.717) is 0 Å². The molecule has 0 aliphatic heterocycles. The maximum Gasteiger partial charge on any atom is 0.416 e. The van der Waals surface area contributed by atoms with Crippen molar-refractivity contribution in [3.05, 3.63) is 97.1 Å². The highest BCUT2D eigenvalue weighted by Crippen LogP contribution is 2.37. The molecule has 0 spiro atoms. The van der Waals surface area contributed by atoms with Gasteiger partial charge in [-0.15, -0.1) is 0 Å². The summed E-state index contributed by atoms with van der Waals surface area (Å²) >= 11 is 0.0287. The lowest BCUT2D eigenvalue weighted by Gasteiger charge is -2.15. The molecule has 0 aliphatic carbocycles. The number of hydrogen-bond acceptors (Lipinski definition) is 3. The minimum Gasteiger partial charge on any atom is -0.744 e. The molecule has 0 aliphatic rings. The number of benzene rings is 3. The van der Waals surface area contributed by atoms with Gasteiger partial charge < -0.3 is 4.55 Å². The third-order valence-corrected chi connectivity index (χ3v) is 7.03. The minimum absolute atomic E-state index is 0.0287. The molecule has 3 aromatic carbocycles. The molecule has 0 saturated carbocycles. The Hall–Kier alpha value is -2.12. The van der Waals surface area contributed by atoms with E-state index >= 15 is 0 Å². The maximum absolute atomic E-state index is 12.3. The van der Waals surface area contributed by atoms with Crippen molar-refractivity contribution in [2.75, 3.05) is 0 Å². The van der Waals surface area contributed by atoms with Crippen LogP contribution in [-0.2, 0) is 22.5 Å². The summed E-state index contributed by atoms with van der Waals surface area (Å²) < 4.78 is 108. The van der Waals surface area contributed by atoms with Crippen molar-refractivity contribution in [3.63, 3.8) is 0 Å². The molecule has 0 atom stereocenters. The second-order valence-corrected chi connectivity index (χ2v) is 10.3. The van der Waals surface area contributed by atoms with Gasteiger partial charge >= 0.3 is 33.6 Å². The summed E-state index contributed by atoms with van der Waals surface area (Å²) in [7, 11) is -5.42. The average Bonchev–Trinajstić information content (AvgIpc) is 2.68. The molecule has 0 amide bonds. The first-order chi connectivity index (χ1) is 14.3. The molecule has 0 N–H and O–H groups in total. The Kier molecular flexibility index (Phi) is 8.11. The molecule has 0 unspecified atom stereocenters. The SMILES string of the molecule is O=S(=O)([O-])c1cc(C(F)(F)F)cc(C(F)(F)F)c1.c1ccc([I+]c2ccccc2)cc1. The molecule has 0 saturated heterocycles. The quantitative estimate of drug-likeness (QED) is 0.275. The van der Waals surface area contributed by atoms with Gasteiger partial charge in [-0.3, -0.25) is 0 Å². The molecule has 0 bridgehead atoms. The Bertz CT molecular complexity index is 1030. The first-order valence-corrected chi connectivity index (χ1v) is 11.8. The summed E-state index contributed by atoms with van der Waals surface area (Å²) in [6.07, 6.45) is -10.4. The molecule has 3 nitrogen and oxygen atoms in total. The van der Waals surface area contributed by atoms with E-state index in [0.717, 1.165) is 0 Å².